The molecule has 0 aliphatic carbocycles. The summed E-state index contributed by atoms with van der Waals surface area (Å²) in [6.45, 7) is 0.376. The lowest BCUT2D eigenvalue weighted by molar-refractivity contribution is 0.628. The monoisotopic (exact) mass is 239 g/mol. The molecule has 0 atom stereocenters. The summed E-state index contributed by atoms with van der Waals surface area (Å²) in [4.78, 5) is 0. The van der Waals surface area contributed by atoms with Gasteiger partial charge in [0.05, 0.1) is 16.9 Å². The molecule has 1 aromatic heterocycles. The molecule has 2 N–H and O–H groups in total. The molecule has 0 unspecified atom stereocenters. The molecule has 0 bridgehead atoms. The topological polar surface area (TPSA) is 43.8 Å². The van der Waals surface area contributed by atoms with E-state index in [1.54, 1.807) is 23.0 Å². The van der Waals surface area contributed by atoms with Crippen molar-refractivity contribution >= 4 is 11.6 Å². The SMILES string of the molecule is Cn1ncc(-c2ccc(F)c(Cl)c2)c1CN. The molecular weight excluding hydrogens is 229 g/mol. The molecule has 84 valence electrons. The van der Waals surface area contributed by atoms with Gasteiger partial charge >= 0.3 is 0 Å². The number of rotatable bonds is 2. The summed E-state index contributed by atoms with van der Waals surface area (Å²) in [6.07, 6.45) is 1.70. The van der Waals surface area contributed by atoms with E-state index in [9.17, 15) is 4.39 Å². The van der Waals surface area contributed by atoms with E-state index >= 15 is 0 Å². The zero-order chi connectivity index (χ0) is 11.7. The quantitative estimate of drug-likeness (QED) is 0.874. The number of aromatic nitrogens is 2. The zero-order valence-electron chi connectivity index (χ0n) is 8.74. The molecule has 0 spiro atoms. The Hall–Kier alpha value is -1.39. The number of halogens is 2. The van der Waals surface area contributed by atoms with Crippen LogP contribution in [0.5, 0.6) is 0 Å². The molecule has 0 aliphatic heterocycles. The lowest BCUT2D eigenvalue weighted by Gasteiger charge is -2.04. The van der Waals surface area contributed by atoms with Gasteiger partial charge in [-0.05, 0) is 17.7 Å². The van der Waals surface area contributed by atoms with E-state index in [0.717, 1.165) is 16.8 Å². The van der Waals surface area contributed by atoms with Crippen LogP contribution in [0.25, 0.3) is 11.1 Å². The number of nitrogens with zero attached hydrogens (tertiary/aromatic N) is 2. The highest BCUT2D eigenvalue weighted by Crippen LogP contribution is 2.27. The summed E-state index contributed by atoms with van der Waals surface area (Å²) in [6, 6.07) is 4.58. The fourth-order valence-electron chi connectivity index (χ4n) is 1.61. The predicted octanol–water partition coefficient (Wildman–Crippen LogP) is 2.34. The molecule has 2 rings (SSSR count). The van der Waals surface area contributed by atoms with Crippen molar-refractivity contribution in [1.82, 2.24) is 9.78 Å². The normalized spacial score (nSPS) is 10.8. The van der Waals surface area contributed by atoms with Gasteiger partial charge in [0.25, 0.3) is 0 Å². The summed E-state index contributed by atoms with van der Waals surface area (Å²) >= 11 is 5.73. The summed E-state index contributed by atoms with van der Waals surface area (Å²) in [7, 11) is 1.82. The van der Waals surface area contributed by atoms with Crippen LogP contribution in [-0.2, 0) is 13.6 Å². The van der Waals surface area contributed by atoms with Gasteiger partial charge in [0, 0.05) is 19.2 Å². The highest BCUT2D eigenvalue weighted by molar-refractivity contribution is 6.31. The van der Waals surface area contributed by atoms with Crippen LogP contribution < -0.4 is 5.73 Å². The van der Waals surface area contributed by atoms with Crippen LogP contribution in [-0.4, -0.2) is 9.78 Å². The van der Waals surface area contributed by atoms with Gasteiger partial charge in [0.2, 0.25) is 0 Å². The van der Waals surface area contributed by atoms with Crippen molar-refractivity contribution in [3.63, 3.8) is 0 Å². The van der Waals surface area contributed by atoms with E-state index in [1.165, 1.54) is 6.07 Å². The minimum Gasteiger partial charge on any atom is -0.325 e. The average molecular weight is 240 g/mol. The molecule has 0 radical (unpaired) electrons. The van der Waals surface area contributed by atoms with E-state index in [0.29, 0.717) is 6.54 Å². The van der Waals surface area contributed by atoms with Crippen LogP contribution in [0.4, 0.5) is 4.39 Å². The second kappa shape index (κ2) is 4.23. The maximum absolute atomic E-state index is 13.0. The first kappa shape index (κ1) is 11.1. The van der Waals surface area contributed by atoms with Gasteiger partial charge in [-0.2, -0.15) is 5.10 Å². The minimum absolute atomic E-state index is 0.101. The third-order valence-corrected chi connectivity index (χ3v) is 2.78. The summed E-state index contributed by atoms with van der Waals surface area (Å²) in [5.41, 5.74) is 8.23. The van der Waals surface area contributed by atoms with E-state index in [4.69, 9.17) is 17.3 Å². The Morgan fingerprint density at radius 2 is 2.25 bits per heavy atom. The zero-order valence-corrected chi connectivity index (χ0v) is 9.50. The lowest BCUT2D eigenvalue weighted by Crippen LogP contribution is -2.05. The Bertz CT molecular complexity index is 522. The Labute approximate surface area is 97.6 Å². The molecule has 3 nitrogen and oxygen atoms in total. The van der Waals surface area contributed by atoms with Gasteiger partial charge < -0.3 is 5.73 Å². The molecular formula is C11H11ClFN3. The fraction of sp³-hybridized carbons (Fsp3) is 0.182. The first-order chi connectivity index (χ1) is 7.63. The largest absolute Gasteiger partial charge is 0.325 e. The highest BCUT2D eigenvalue weighted by atomic mass is 35.5. The van der Waals surface area contributed by atoms with Crippen LogP contribution >= 0.6 is 11.6 Å². The second-order valence-corrected chi connectivity index (χ2v) is 3.87. The molecule has 1 heterocycles. The molecule has 2 aromatic rings. The van der Waals surface area contributed by atoms with Crippen molar-refractivity contribution < 1.29 is 4.39 Å². The number of nitrogens with two attached hydrogens (primary N) is 1. The van der Waals surface area contributed by atoms with Gasteiger partial charge in [0.1, 0.15) is 5.82 Å². The minimum atomic E-state index is -0.427. The average Bonchev–Trinajstić information content (AvgIpc) is 2.63. The van der Waals surface area contributed by atoms with Crippen molar-refractivity contribution in [1.29, 1.82) is 0 Å². The first-order valence-corrected chi connectivity index (χ1v) is 5.17. The van der Waals surface area contributed by atoms with Crippen LogP contribution in [0.15, 0.2) is 24.4 Å². The lowest BCUT2D eigenvalue weighted by atomic mass is 10.1. The Morgan fingerprint density at radius 1 is 1.50 bits per heavy atom. The molecule has 16 heavy (non-hydrogen) atoms. The van der Waals surface area contributed by atoms with Crippen LogP contribution in [0.2, 0.25) is 5.02 Å². The Balaban J connectivity index is 2.54. The highest BCUT2D eigenvalue weighted by Gasteiger charge is 2.10. The van der Waals surface area contributed by atoms with Gasteiger partial charge in [-0.15, -0.1) is 0 Å². The summed E-state index contributed by atoms with van der Waals surface area (Å²) in [5, 5.41) is 4.22. The van der Waals surface area contributed by atoms with E-state index < -0.39 is 5.82 Å². The van der Waals surface area contributed by atoms with Crippen molar-refractivity contribution in [3.05, 3.63) is 40.9 Å². The number of benzene rings is 1. The standard InChI is InChI=1S/C11H11ClFN3/c1-16-11(5-14)8(6-15-16)7-2-3-10(13)9(12)4-7/h2-4,6H,5,14H2,1H3. The van der Waals surface area contributed by atoms with Gasteiger partial charge in [-0.25, -0.2) is 4.39 Å². The van der Waals surface area contributed by atoms with Crippen molar-refractivity contribution in [3.8, 4) is 11.1 Å². The summed E-state index contributed by atoms with van der Waals surface area (Å²) < 4.78 is 14.7. The second-order valence-electron chi connectivity index (χ2n) is 3.46. The van der Waals surface area contributed by atoms with E-state index in [1.807, 2.05) is 7.05 Å². The maximum atomic E-state index is 13.0. The van der Waals surface area contributed by atoms with Gasteiger partial charge in [0.15, 0.2) is 0 Å². The van der Waals surface area contributed by atoms with Gasteiger partial charge in [-0.3, -0.25) is 4.68 Å². The molecule has 0 aliphatic rings. The third kappa shape index (κ3) is 1.81. The van der Waals surface area contributed by atoms with Crippen LogP contribution in [0, 0.1) is 5.82 Å². The number of hydrogen-bond donors (Lipinski definition) is 1. The molecule has 0 amide bonds. The fourth-order valence-corrected chi connectivity index (χ4v) is 1.79. The third-order valence-electron chi connectivity index (χ3n) is 2.49. The predicted molar refractivity (Wildman–Crippen MR) is 61.5 cm³/mol. The first-order valence-electron chi connectivity index (χ1n) is 4.80. The van der Waals surface area contributed by atoms with Crippen molar-refractivity contribution in [2.45, 2.75) is 6.54 Å². The summed E-state index contributed by atoms with van der Waals surface area (Å²) in [5.74, 6) is -0.427. The van der Waals surface area contributed by atoms with Gasteiger partial charge in [-0.1, -0.05) is 17.7 Å². The molecule has 5 heteroatoms. The maximum Gasteiger partial charge on any atom is 0.141 e. The Kier molecular flexibility index (Phi) is 2.94. The van der Waals surface area contributed by atoms with E-state index in [2.05, 4.69) is 5.10 Å². The molecule has 1 aromatic carbocycles. The van der Waals surface area contributed by atoms with E-state index in [-0.39, 0.29) is 5.02 Å². The van der Waals surface area contributed by atoms with Crippen molar-refractivity contribution in [2.24, 2.45) is 12.8 Å². The number of hydrogen-bond acceptors (Lipinski definition) is 2. The van der Waals surface area contributed by atoms with Crippen LogP contribution in [0.3, 0.4) is 0 Å². The number of aryl methyl sites for hydroxylation is 1. The molecule has 0 saturated carbocycles. The smallest absolute Gasteiger partial charge is 0.141 e. The Morgan fingerprint density at radius 3 is 2.88 bits per heavy atom. The molecule has 0 saturated heterocycles. The van der Waals surface area contributed by atoms with Crippen molar-refractivity contribution in [2.75, 3.05) is 0 Å². The molecule has 0 fully saturated rings. The van der Waals surface area contributed by atoms with Crippen LogP contribution in [0.1, 0.15) is 5.69 Å².